The van der Waals surface area contributed by atoms with E-state index in [-0.39, 0.29) is 0 Å². The van der Waals surface area contributed by atoms with Gasteiger partial charge in [0.25, 0.3) is 0 Å². The summed E-state index contributed by atoms with van der Waals surface area (Å²) < 4.78 is 0. The minimum Gasteiger partial charge on any atom is -0.366 e. The average Bonchev–Trinajstić information content (AvgIpc) is 3.00. The molecule has 104 valence electrons. The molecule has 1 N–H and O–H groups in total. The van der Waals surface area contributed by atoms with E-state index in [1.54, 1.807) is 0 Å². The first-order valence-electron chi connectivity index (χ1n) is 7.20. The Balaban J connectivity index is 1.72. The van der Waals surface area contributed by atoms with Gasteiger partial charge in [0.05, 0.1) is 0 Å². The van der Waals surface area contributed by atoms with Crippen molar-refractivity contribution in [3.63, 3.8) is 0 Å². The summed E-state index contributed by atoms with van der Waals surface area (Å²) in [6, 6.07) is 12.4. The largest absolute Gasteiger partial charge is 0.366 e. The van der Waals surface area contributed by atoms with Crippen LogP contribution in [0.3, 0.4) is 0 Å². The molecule has 1 fully saturated rings. The third-order valence-electron chi connectivity index (χ3n) is 3.57. The first-order chi connectivity index (χ1) is 9.81. The summed E-state index contributed by atoms with van der Waals surface area (Å²) in [7, 11) is 0. The van der Waals surface area contributed by atoms with Crippen LogP contribution in [-0.2, 0) is 6.54 Å². The van der Waals surface area contributed by atoms with Gasteiger partial charge in [0.2, 0.25) is 0 Å². The second-order valence-electron chi connectivity index (χ2n) is 5.19. The maximum Gasteiger partial charge on any atom is 0.134 e. The van der Waals surface area contributed by atoms with Crippen LogP contribution in [0.5, 0.6) is 0 Å². The highest BCUT2D eigenvalue weighted by Gasteiger charge is 2.14. The van der Waals surface area contributed by atoms with Crippen LogP contribution in [0.15, 0.2) is 36.4 Å². The zero-order valence-corrected chi connectivity index (χ0v) is 11.8. The van der Waals surface area contributed by atoms with Crippen LogP contribution in [0.25, 0.3) is 0 Å². The van der Waals surface area contributed by atoms with Gasteiger partial charge in [-0.1, -0.05) is 30.3 Å². The first-order valence-corrected chi connectivity index (χ1v) is 7.20. The highest BCUT2D eigenvalue weighted by Crippen LogP contribution is 2.20. The highest BCUT2D eigenvalue weighted by molar-refractivity contribution is 5.50. The zero-order chi connectivity index (χ0) is 13.8. The van der Waals surface area contributed by atoms with Crippen molar-refractivity contribution in [3.8, 4) is 0 Å². The van der Waals surface area contributed by atoms with Gasteiger partial charge in [0, 0.05) is 25.7 Å². The van der Waals surface area contributed by atoms with Gasteiger partial charge in [-0.05, 0) is 25.3 Å². The van der Waals surface area contributed by atoms with Crippen molar-refractivity contribution in [2.24, 2.45) is 0 Å². The van der Waals surface area contributed by atoms with E-state index in [2.05, 4.69) is 50.5 Å². The number of anilines is 2. The van der Waals surface area contributed by atoms with Crippen molar-refractivity contribution in [2.45, 2.75) is 26.3 Å². The van der Waals surface area contributed by atoms with Crippen molar-refractivity contribution in [3.05, 3.63) is 47.8 Å². The molecule has 0 radical (unpaired) electrons. The topological polar surface area (TPSA) is 41.1 Å². The Bertz CT molecular complexity index is 562. The Morgan fingerprint density at radius 1 is 1.10 bits per heavy atom. The molecule has 1 aromatic heterocycles. The van der Waals surface area contributed by atoms with Gasteiger partial charge in [-0.15, -0.1) is 0 Å². The minimum absolute atomic E-state index is 0.788. The van der Waals surface area contributed by atoms with E-state index in [1.165, 1.54) is 18.4 Å². The molecule has 1 aromatic carbocycles. The summed E-state index contributed by atoms with van der Waals surface area (Å²) >= 11 is 0. The Labute approximate surface area is 119 Å². The van der Waals surface area contributed by atoms with Crippen molar-refractivity contribution in [1.82, 2.24) is 9.97 Å². The molecule has 0 amide bonds. The van der Waals surface area contributed by atoms with Crippen LogP contribution in [0.1, 0.15) is 24.2 Å². The molecule has 1 aliphatic rings. The van der Waals surface area contributed by atoms with Crippen molar-refractivity contribution >= 4 is 11.6 Å². The fourth-order valence-electron chi connectivity index (χ4n) is 2.54. The standard InChI is InChI=1S/C16H20N4/c1-13-18-15(17-12-14-7-3-2-4-8-14)11-16(19-13)20-9-5-6-10-20/h2-4,7-8,11H,5-6,9-10,12H2,1H3,(H,17,18,19). The van der Waals surface area contributed by atoms with Gasteiger partial charge in [0.1, 0.15) is 17.5 Å². The zero-order valence-electron chi connectivity index (χ0n) is 11.8. The lowest BCUT2D eigenvalue weighted by Crippen LogP contribution is -2.20. The van der Waals surface area contributed by atoms with Crippen LogP contribution in [0.2, 0.25) is 0 Å². The second-order valence-corrected chi connectivity index (χ2v) is 5.19. The number of aromatic nitrogens is 2. The van der Waals surface area contributed by atoms with E-state index in [0.29, 0.717) is 0 Å². The molecule has 0 spiro atoms. The number of hydrogen-bond acceptors (Lipinski definition) is 4. The van der Waals surface area contributed by atoms with Gasteiger partial charge >= 0.3 is 0 Å². The lowest BCUT2D eigenvalue weighted by atomic mass is 10.2. The molecule has 2 heterocycles. The Kier molecular flexibility index (Phi) is 3.81. The molecule has 1 aliphatic heterocycles. The maximum absolute atomic E-state index is 4.55. The molecule has 0 atom stereocenters. The monoisotopic (exact) mass is 268 g/mol. The van der Waals surface area contributed by atoms with E-state index in [0.717, 1.165) is 37.1 Å². The molecule has 20 heavy (non-hydrogen) atoms. The van der Waals surface area contributed by atoms with Gasteiger partial charge in [-0.3, -0.25) is 0 Å². The molecule has 0 bridgehead atoms. The number of nitrogens with one attached hydrogen (secondary N) is 1. The van der Waals surface area contributed by atoms with Gasteiger partial charge in [0.15, 0.2) is 0 Å². The summed E-state index contributed by atoms with van der Waals surface area (Å²) in [5.74, 6) is 2.78. The van der Waals surface area contributed by atoms with E-state index in [4.69, 9.17) is 0 Å². The molecule has 4 nitrogen and oxygen atoms in total. The Morgan fingerprint density at radius 3 is 2.60 bits per heavy atom. The summed E-state index contributed by atoms with van der Waals surface area (Å²) in [5, 5.41) is 3.39. The van der Waals surface area contributed by atoms with E-state index in [1.807, 2.05) is 13.0 Å². The molecular weight excluding hydrogens is 248 g/mol. The summed E-state index contributed by atoms with van der Waals surface area (Å²) in [5.41, 5.74) is 1.26. The SMILES string of the molecule is Cc1nc(NCc2ccccc2)cc(N2CCCC2)n1. The molecule has 2 aromatic rings. The van der Waals surface area contributed by atoms with Crippen LogP contribution in [0, 0.1) is 6.92 Å². The third-order valence-corrected chi connectivity index (χ3v) is 3.57. The normalized spacial score (nSPS) is 14.6. The van der Waals surface area contributed by atoms with Crippen molar-refractivity contribution < 1.29 is 0 Å². The van der Waals surface area contributed by atoms with Crippen LogP contribution in [0.4, 0.5) is 11.6 Å². The summed E-state index contributed by atoms with van der Waals surface area (Å²) in [4.78, 5) is 11.4. The Morgan fingerprint density at radius 2 is 1.85 bits per heavy atom. The second kappa shape index (κ2) is 5.90. The summed E-state index contributed by atoms with van der Waals surface area (Å²) in [6.07, 6.45) is 2.52. The van der Waals surface area contributed by atoms with Crippen LogP contribution < -0.4 is 10.2 Å². The molecule has 4 heteroatoms. The number of nitrogens with zero attached hydrogens (tertiary/aromatic N) is 3. The van der Waals surface area contributed by atoms with Gasteiger partial charge < -0.3 is 10.2 Å². The molecular formula is C16H20N4. The number of hydrogen-bond donors (Lipinski definition) is 1. The summed E-state index contributed by atoms with van der Waals surface area (Å²) in [6.45, 7) is 4.95. The Hall–Kier alpha value is -2.10. The van der Waals surface area contributed by atoms with Crippen LogP contribution >= 0.6 is 0 Å². The number of aryl methyl sites for hydroxylation is 1. The van der Waals surface area contributed by atoms with Crippen LogP contribution in [-0.4, -0.2) is 23.1 Å². The molecule has 0 aliphatic carbocycles. The molecule has 1 saturated heterocycles. The number of benzene rings is 1. The lowest BCUT2D eigenvalue weighted by Gasteiger charge is -2.17. The van der Waals surface area contributed by atoms with Gasteiger partial charge in [-0.25, -0.2) is 9.97 Å². The fourth-order valence-corrected chi connectivity index (χ4v) is 2.54. The minimum atomic E-state index is 0.788. The van der Waals surface area contributed by atoms with E-state index >= 15 is 0 Å². The van der Waals surface area contributed by atoms with Crippen molar-refractivity contribution in [1.29, 1.82) is 0 Å². The predicted octanol–water partition coefficient (Wildman–Crippen LogP) is 3.00. The molecule has 0 unspecified atom stereocenters. The van der Waals surface area contributed by atoms with E-state index in [9.17, 15) is 0 Å². The van der Waals surface area contributed by atoms with Gasteiger partial charge in [-0.2, -0.15) is 0 Å². The highest BCUT2D eigenvalue weighted by atomic mass is 15.2. The maximum atomic E-state index is 4.55. The lowest BCUT2D eigenvalue weighted by molar-refractivity contribution is 0.907. The first kappa shape index (κ1) is 12.9. The predicted molar refractivity (Wildman–Crippen MR) is 82.0 cm³/mol. The molecule has 0 saturated carbocycles. The fraction of sp³-hybridized carbons (Fsp3) is 0.375. The van der Waals surface area contributed by atoms with E-state index < -0.39 is 0 Å². The smallest absolute Gasteiger partial charge is 0.134 e. The average molecular weight is 268 g/mol. The quantitative estimate of drug-likeness (QED) is 0.925. The van der Waals surface area contributed by atoms with Crippen molar-refractivity contribution in [2.75, 3.05) is 23.3 Å². The number of rotatable bonds is 4. The molecule has 3 rings (SSSR count). The third kappa shape index (κ3) is 3.07.